The Balaban J connectivity index is 3.82. The maximum atomic E-state index is 11.1. The normalized spacial score (nSPS) is 11.3. The van der Waals surface area contributed by atoms with E-state index in [1.807, 2.05) is 0 Å². The van der Waals surface area contributed by atoms with Crippen LogP contribution in [0.1, 0.15) is 13.8 Å². The summed E-state index contributed by atoms with van der Waals surface area (Å²) >= 11 is 3.13. The number of aliphatic hydroxyl groups excluding tert-OH is 1. The van der Waals surface area contributed by atoms with Crippen LogP contribution in [0.3, 0.4) is 0 Å². The average molecular weight is 225 g/mol. The number of hydrogen-bond donors (Lipinski definition) is 1. The predicted molar refractivity (Wildman–Crippen MR) is 45.6 cm³/mol. The maximum absolute atomic E-state index is 11.1. The third kappa shape index (κ3) is 3.72. The van der Waals surface area contributed by atoms with Crippen molar-refractivity contribution in [3.8, 4) is 0 Å². The number of ether oxygens (including phenoxy) is 1. The Morgan fingerprint density at radius 1 is 1.64 bits per heavy atom. The number of carbonyl (C=O) groups excluding carboxylic acids is 1. The quantitative estimate of drug-likeness (QED) is 0.572. The van der Waals surface area contributed by atoms with Crippen molar-refractivity contribution >= 4 is 21.9 Å². The molecule has 0 bridgehead atoms. The van der Waals surface area contributed by atoms with Crippen LogP contribution in [0.15, 0.2) is 0 Å². The fraction of sp³-hybridized carbons (Fsp3) is 0.857. The van der Waals surface area contributed by atoms with Crippen LogP contribution in [0.2, 0.25) is 0 Å². The molecule has 0 saturated heterocycles. The van der Waals surface area contributed by atoms with E-state index >= 15 is 0 Å². The Morgan fingerprint density at radius 3 is 2.55 bits per heavy atom. The second-order valence-corrected chi connectivity index (χ2v) is 3.66. The molecule has 0 heterocycles. The van der Waals surface area contributed by atoms with Gasteiger partial charge in [0.1, 0.15) is 6.61 Å². The highest BCUT2D eigenvalue weighted by Gasteiger charge is 2.27. The first-order valence-corrected chi connectivity index (χ1v) is 4.51. The van der Waals surface area contributed by atoms with E-state index in [1.54, 1.807) is 13.8 Å². The Labute approximate surface area is 74.9 Å². The zero-order valence-electron chi connectivity index (χ0n) is 6.76. The van der Waals surface area contributed by atoms with Crippen LogP contribution in [0, 0.1) is 5.41 Å². The van der Waals surface area contributed by atoms with Gasteiger partial charge in [-0.15, -0.1) is 0 Å². The first-order valence-electron chi connectivity index (χ1n) is 3.38. The van der Waals surface area contributed by atoms with E-state index < -0.39 is 5.41 Å². The molecule has 3 nitrogen and oxygen atoms in total. The Kier molecular flexibility index (Phi) is 4.68. The minimum atomic E-state index is -0.776. The largest absolute Gasteiger partial charge is 0.464 e. The second-order valence-electron chi connectivity index (χ2n) is 2.87. The van der Waals surface area contributed by atoms with Crippen molar-refractivity contribution in [1.29, 1.82) is 0 Å². The van der Waals surface area contributed by atoms with E-state index in [9.17, 15) is 4.79 Å². The summed E-state index contributed by atoms with van der Waals surface area (Å²) in [6.07, 6.45) is 0. The van der Waals surface area contributed by atoms with Gasteiger partial charge in [-0.1, -0.05) is 15.9 Å². The molecule has 11 heavy (non-hydrogen) atoms. The molecule has 0 atom stereocenters. The summed E-state index contributed by atoms with van der Waals surface area (Å²) in [5, 5.41) is 9.38. The van der Waals surface area contributed by atoms with Gasteiger partial charge in [0.05, 0.1) is 12.0 Å². The molecule has 0 fully saturated rings. The summed E-state index contributed by atoms with van der Waals surface area (Å²) < 4.78 is 4.80. The highest BCUT2D eigenvalue weighted by molar-refractivity contribution is 9.09. The molecule has 0 rings (SSSR count). The zero-order chi connectivity index (χ0) is 8.91. The molecule has 0 saturated carbocycles. The number of halogens is 1. The van der Waals surface area contributed by atoms with Crippen molar-refractivity contribution < 1.29 is 14.6 Å². The molecule has 0 aliphatic carbocycles. The Bertz CT molecular complexity index is 134. The van der Waals surface area contributed by atoms with E-state index in [-0.39, 0.29) is 12.6 Å². The zero-order valence-corrected chi connectivity index (χ0v) is 8.35. The van der Waals surface area contributed by atoms with E-state index in [4.69, 9.17) is 9.84 Å². The van der Waals surface area contributed by atoms with Crippen LogP contribution in [0.4, 0.5) is 0 Å². The molecule has 66 valence electrons. The summed E-state index contributed by atoms with van der Waals surface area (Å²) in [7, 11) is 0. The minimum absolute atomic E-state index is 0.186. The van der Waals surface area contributed by atoms with Gasteiger partial charge in [-0.05, 0) is 13.8 Å². The SMILES string of the molecule is CC(C)(CO)C(=O)OCCBr. The number of carbonyl (C=O) groups is 1. The van der Waals surface area contributed by atoms with Crippen molar-refractivity contribution in [3.05, 3.63) is 0 Å². The van der Waals surface area contributed by atoms with Gasteiger partial charge in [0.15, 0.2) is 0 Å². The average Bonchev–Trinajstić information content (AvgIpc) is 2.00. The van der Waals surface area contributed by atoms with Crippen LogP contribution in [-0.2, 0) is 9.53 Å². The van der Waals surface area contributed by atoms with E-state index in [0.29, 0.717) is 11.9 Å². The fourth-order valence-electron chi connectivity index (χ4n) is 0.391. The molecule has 0 radical (unpaired) electrons. The summed E-state index contributed by atoms with van der Waals surface area (Å²) in [5.41, 5.74) is -0.776. The monoisotopic (exact) mass is 224 g/mol. The lowest BCUT2D eigenvalue weighted by molar-refractivity contribution is -0.155. The van der Waals surface area contributed by atoms with E-state index in [2.05, 4.69) is 15.9 Å². The topological polar surface area (TPSA) is 46.5 Å². The lowest BCUT2D eigenvalue weighted by atomic mass is 9.95. The van der Waals surface area contributed by atoms with Gasteiger partial charge >= 0.3 is 5.97 Å². The predicted octanol–water partition coefficient (Wildman–Crippen LogP) is 0.943. The van der Waals surface area contributed by atoms with Crippen LogP contribution in [0.5, 0.6) is 0 Å². The first-order chi connectivity index (χ1) is 5.04. The minimum Gasteiger partial charge on any atom is -0.464 e. The van der Waals surface area contributed by atoms with Gasteiger partial charge in [-0.3, -0.25) is 4.79 Å². The summed E-state index contributed by atoms with van der Waals surface area (Å²) in [6.45, 7) is 3.45. The number of esters is 1. The van der Waals surface area contributed by atoms with Crippen molar-refractivity contribution in [2.24, 2.45) is 5.41 Å². The second kappa shape index (κ2) is 4.72. The van der Waals surface area contributed by atoms with Crippen molar-refractivity contribution in [2.75, 3.05) is 18.5 Å². The van der Waals surface area contributed by atoms with Crippen LogP contribution in [-0.4, -0.2) is 29.6 Å². The van der Waals surface area contributed by atoms with Gasteiger partial charge in [-0.25, -0.2) is 0 Å². The Hall–Kier alpha value is -0.0900. The third-order valence-electron chi connectivity index (χ3n) is 1.26. The van der Waals surface area contributed by atoms with Crippen molar-refractivity contribution in [2.45, 2.75) is 13.8 Å². The summed E-state index contributed by atoms with van der Waals surface area (Å²) in [4.78, 5) is 11.1. The number of aliphatic hydroxyl groups is 1. The Morgan fingerprint density at radius 2 is 2.18 bits per heavy atom. The van der Waals surface area contributed by atoms with Gasteiger partial charge < -0.3 is 9.84 Å². The first kappa shape index (κ1) is 10.9. The number of rotatable bonds is 4. The van der Waals surface area contributed by atoms with Gasteiger partial charge in [0.2, 0.25) is 0 Å². The van der Waals surface area contributed by atoms with E-state index in [1.165, 1.54) is 0 Å². The highest BCUT2D eigenvalue weighted by Crippen LogP contribution is 2.15. The molecule has 1 N–H and O–H groups in total. The third-order valence-corrected chi connectivity index (χ3v) is 1.58. The fourth-order valence-corrected chi connectivity index (χ4v) is 0.553. The molecule has 4 heteroatoms. The van der Waals surface area contributed by atoms with Crippen molar-refractivity contribution in [1.82, 2.24) is 0 Å². The molecule has 0 aromatic carbocycles. The van der Waals surface area contributed by atoms with Gasteiger partial charge in [0.25, 0.3) is 0 Å². The molecule has 0 aromatic rings. The molecular formula is C7H13BrO3. The molecule has 0 aliphatic heterocycles. The standard InChI is InChI=1S/C7H13BrO3/c1-7(2,5-9)6(10)11-4-3-8/h9H,3-5H2,1-2H3. The molecule has 0 amide bonds. The smallest absolute Gasteiger partial charge is 0.313 e. The van der Waals surface area contributed by atoms with Crippen LogP contribution in [0.25, 0.3) is 0 Å². The highest BCUT2D eigenvalue weighted by atomic mass is 79.9. The lowest BCUT2D eigenvalue weighted by Crippen LogP contribution is -2.30. The molecular weight excluding hydrogens is 212 g/mol. The summed E-state index contributed by atoms with van der Waals surface area (Å²) in [6, 6.07) is 0. The number of alkyl halides is 1. The van der Waals surface area contributed by atoms with Crippen LogP contribution < -0.4 is 0 Å². The molecule has 0 unspecified atom stereocenters. The summed E-state index contributed by atoms with van der Waals surface area (Å²) in [5.74, 6) is -0.362. The molecule has 0 aliphatic rings. The molecule has 0 spiro atoms. The maximum Gasteiger partial charge on any atom is 0.313 e. The van der Waals surface area contributed by atoms with Gasteiger partial charge in [-0.2, -0.15) is 0 Å². The van der Waals surface area contributed by atoms with E-state index in [0.717, 1.165) is 0 Å². The van der Waals surface area contributed by atoms with Crippen LogP contribution >= 0.6 is 15.9 Å². The molecule has 0 aromatic heterocycles. The van der Waals surface area contributed by atoms with Gasteiger partial charge in [0, 0.05) is 5.33 Å². The van der Waals surface area contributed by atoms with Crippen molar-refractivity contribution in [3.63, 3.8) is 0 Å². The number of hydrogen-bond acceptors (Lipinski definition) is 3. The lowest BCUT2D eigenvalue weighted by Gasteiger charge is -2.18.